The maximum absolute atomic E-state index is 5.33. The van der Waals surface area contributed by atoms with Gasteiger partial charge in [0, 0.05) is 6.20 Å². The van der Waals surface area contributed by atoms with Crippen molar-refractivity contribution in [1.29, 1.82) is 0 Å². The molecule has 2 aromatic rings. The summed E-state index contributed by atoms with van der Waals surface area (Å²) in [4.78, 5) is 8.06. The minimum Gasteiger partial charge on any atom is -0.490 e. The Morgan fingerprint density at radius 1 is 1.44 bits per heavy atom. The lowest BCUT2D eigenvalue weighted by molar-refractivity contribution is 0.409. The third kappa shape index (κ3) is 1.68. The molecule has 2 aromatic heterocycles. The molecule has 0 aliphatic rings. The van der Waals surface area contributed by atoms with E-state index in [0.717, 1.165) is 5.69 Å². The van der Waals surface area contributed by atoms with Crippen LogP contribution in [0, 0.1) is 6.92 Å². The number of nitrogens with zero attached hydrogens (tertiary/aromatic N) is 4. The number of methoxy groups -OCH3 is 1. The maximum atomic E-state index is 5.33. The summed E-state index contributed by atoms with van der Waals surface area (Å²) in [6, 6.07) is 1.87. The minimum absolute atomic E-state index is 0.417. The Labute approximate surface area is 92.2 Å². The molecular formula is C9H12N6O. The van der Waals surface area contributed by atoms with Crippen LogP contribution < -0.4 is 16.0 Å². The topological polar surface area (TPSA) is 90.9 Å². The van der Waals surface area contributed by atoms with Crippen molar-refractivity contribution in [2.75, 3.05) is 12.5 Å². The zero-order chi connectivity index (χ0) is 11.5. The van der Waals surface area contributed by atoms with Crippen molar-refractivity contribution < 1.29 is 4.74 Å². The number of hydrogen-bond donors (Lipinski definition) is 2. The SMILES string of the molecule is COc1c(NN)ncnc1-n1ccc(C)n1. The number of nitrogens with two attached hydrogens (primary N) is 1. The summed E-state index contributed by atoms with van der Waals surface area (Å²) in [6.07, 6.45) is 3.19. The molecule has 0 spiro atoms. The fraction of sp³-hybridized carbons (Fsp3) is 0.222. The van der Waals surface area contributed by atoms with Crippen molar-refractivity contribution in [2.45, 2.75) is 6.92 Å². The molecule has 0 bridgehead atoms. The molecule has 7 heteroatoms. The molecule has 0 saturated heterocycles. The van der Waals surface area contributed by atoms with Crippen LogP contribution in [0.25, 0.3) is 5.82 Å². The van der Waals surface area contributed by atoms with Crippen LogP contribution in [-0.4, -0.2) is 26.9 Å². The zero-order valence-electron chi connectivity index (χ0n) is 9.01. The molecule has 16 heavy (non-hydrogen) atoms. The second-order valence-corrected chi connectivity index (χ2v) is 3.13. The van der Waals surface area contributed by atoms with Crippen LogP contribution in [-0.2, 0) is 0 Å². The largest absolute Gasteiger partial charge is 0.490 e. The van der Waals surface area contributed by atoms with Gasteiger partial charge in [-0.15, -0.1) is 0 Å². The lowest BCUT2D eigenvalue weighted by Crippen LogP contribution is -2.12. The van der Waals surface area contributed by atoms with Gasteiger partial charge in [-0.3, -0.25) is 0 Å². The van der Waals surface area contributed by atoms with Crippen molar-refractivity contribution in [2.24, 2.45) is 5.84 Å². The first-order valence-electron chi connectivity index (χ1n) is 4.64. The number of hydrogen-bond acceptors (Lipinski definition) is 6. The zero-order valence-corrected chi connectivity index (χ0v) is 9.01. The standard InChI is InChI=1S/C9H12N6O/c1-6-3-4-15(14-6)9-7(16-2)8(13-10)11-5-12-9/h3-5H,10H2,1-2H3,(H,11,12,13). The molecule has 84 valence electrons. The van der Waals surface area contributed by atoms with Crippen molar-refractivity contribution in [3.05, 3.63) is 24.3 Å². The second kappa shape index (κ2) is 4.15. The Kier molecular flexibility index (Phi) is 2.69. The number of anilines is 1. The van der Waals surface area contributed by atoms with E-state index in [1.54, 1.807) is 10.9 Å². The van der Waals surface area contributed by atoms with Gasteiger partial charge in [-0.05, 0) is 13.0 Å². The highest BCUT2D eigenvalue weighted by Crippen LogP contribution is 2.26. The molecule has 0 radical (unpaired) electrons. The van der Waals surface area contributed by atoms with Crippen molar-refractivity contribution >= 4 is 5.82 Å². The Hall–Kier alpha value is -2.15. The number of ether oxygens (including phenoxy) is 1. The summed E-state index contributed by atoms with van der Waals surface area (Å²) in [5, 5.41) is 4.24. The van der Waals surface area contributed by atoms with Crippen LogP contribution in [0.3, 0.4) is 0 Å². The molecule has 2 heterocycles. The van der Waals surface area contributed by atoms with E-state index >= 15 is 0 Å². The van der Waals surface area contributed by atoms with Crippen LogP contribution in [0.5, 0.6) is 5.75 Å². The highest BCUT2D eigenvalue weighted by Gasteiger charge is 2.13. The fourth-order valence-corrected chi connectivity index (χ4v) is 1.35. The van der Waals surface area contributed by atoms with E-state index in [-0.39, 0.29) is 0 Å². The van der Waals surface area contributed by atoms with E-state index in [2.05, 4.69) is 20.5 Å². The summed E-state index contributed by atoms with van der Waals surface area (Å²) in [6.45, 7) is 1.90. The Balaban J connectivity index is 2.56. The molecule has 0 unspecified atom stereocenters. The van der Waals surface area contributed by atoms with Crippen molar-refractivity contribution in [3.63, 3.8) is 0 Å². The van der Waals surface area contributed by atoms with Gasteiger partial charge in [-0.25, -0.2) is 20.5 Å². The van der Waals surface area contributed by atoms with Crippen LogP contribution in [0.1, 0.15) is 5.69 Å². The number of nitrogens with one attached hydrogen (secondary N) is 1. The van der Waals surface area contributed by atoms with E-state index in [4.69, 9.17) is 10.6 Å². The highest BCUT2D eigenvalue weighted by atomic mass is 16.5. The molecule has 2 rings (SSSR count). The monoisotopic (exact) mass is 220 g/mol. The highest BCUT2D eigenvalue weighted by molar-refractivity contribution is 5.57. The molecule has 0 aromatic carbocycles. The van der Waals surface area contributed by atoms with E-state index in [0.29, 0.717) is 17.4 Å². The van der Waals surface area contributed by atoms with Gasteiger partial charge >= 0.3 is 0 Å². The number of hydrazine groups is 1. The maximum Gasteiger partial charge on any atom is 0.207 e. The predicted octanol–water partition coefficient (Wildman–Crippen LogP) is 0.265. The fourth-order valence-electron chi connectivity index (χ4n) is 1.35. The average Bonchev–Trinajstić information content (AvgIpc) is 2.74. The van der Waals surface area contributed by atoms with Crippen LogP contribution in [0.4, 0.5) is 5.82 Å². The summed E-state index contributed by atoms with van der Waals surface area (Å²) in [5.74, 6) is 6.74. The summed E-state index contributed by atoms with van der Waals surface area (Å²) >= 11 is 0. The molecular weight excluding hydrogens is 208 g/mol. The first-order valence-corrected chi connectivity index (χ1v) is 4.64. The lowest BCUT2D eigenvalue weighted by Gasteiger charge is -2.10. The Morgan fingerprint density at radius 2 is 2.25 bits per heavy atom. The molecule has 0 aliphatic carbocycles. The molecule has 0 atom stereocenters. The Morgan fingerprint density at radius 3 is 2.81 bits per heavy atom. The summed E-state index contributed by atoms with van der Waals surface area (Å²) in [7, 11) is 1.53. The van der Waals surface area contributed by atoms with Gasteiger partial charge in [-0.1, -0.05) is 0 Å². The molecule has 7 nitrogen and oxygen atoms in total. The first kappa shape index (κ1) is 10.4. The third-order valence-electron chi connectivity index (χ3n) is 2.07. The van der Waals surface area contributed by atoms with Gasteiger partial charge in [0.2, 0.25) is 11.6 Å². The first-order chi connectivity index (χ1) is 7.76. The van der Waals surface area contributed by atoms with Crippen LogP contribution in [0.15, 0.2) is 18.6 Å². The molecule has 0 saturated carbocycles. The predicted molar refractivity (Wildman–Crippen MR) is 58.3 cm³/mol. The normalized spacial score (nSPS) is 10.2. The van der Waals surface area contributed by atoms with E-state index in [1.165, 1.54) is 13.4 Å². The van der Waals surface area contributed by atoms with Gasteiger partial charge in [-0.2, -0.15) is 5.10 Å². The smallest absolute Gasteiger partial charge is 0.207 e. The summed E-state index contributed by atoms with van der Waals surface area (Å²) < 4.78 is 6.81. The van der Waals surface area contributed by atoms with E-state index in [1.807, 2.05) is 13.0 Å². The summed E-state index contributed by atoms with van der Waals surface area (Å²) in [5.41, 5.74) is 3.34. The molecule has 0 aliphatic heterocycles. The number of nitrogen functional groups attached to an aromatic ring is 1. The number of rotatable bonds is 3. The van der Waals surface area contributed by atoms with Crippen LogP contribution in [0.2, 0.25) is 0 Å². The average molecular weight is 220 g/mol. The van der Waals surface area contributed by atoms with Gasteiger partial charge in [0.1, 0.15) is 6.33 Å². The molecule has 0 amide bonds. The Bertz CT molecular complexity index is 494. The molecule has 0 fully saturated rings. The van der Waals surface area contributed by atoms with Crippen LogP contribution >= 0.6 is 0 Å². The van der Waals surface area contributed by atoms with Gasteiger partial charge in [0.05, 0.1) is 12.8 Å². The third-order valence-corrected chi connectivity index (χ3v) is 2.07. The second-order valence-electron chi connectivity index (χ2n) is 3.13. The lowest BCUT2D eigenvalue weighted by atomic mass is 10.4. The van der Waals surface area contributed by atoms with Gasteiger partial charge < -0.3 is 10.2 Å². The number of aromatic nitrogens is 4. The van der Waals surface area contributed by atoms with E-state index < -0.39 is 0 Å². The van der Waals surface area contributed by atoms with E-state index in [9.17, 15) is 0 Å². The van der Waals surface area contributed by atoms with Gasteiger partial charge in [0.25, 0.3) is 0 Å². The number of aryl methyl sites for hydroxylation is 1. The van der Waals surface area contributed by atoms with Crippen molar-refractivity contribution in [1.82, 2.24) is 19.7 Å². The van der Waals surface area contributed by atoms with Gasteiger partial charge in [0.15, 0.2) is 5.82 Å². The minimum atomic E-state index is 0.417. The molecule has 3 N–H and O–H groups in total. The van der Waals surface area contributed by atoms with Crippen molar-refractivity contribution in [3.8, 4) is 11.6 Å². The quantitative estimate of drug-likeness (QED) is 0.569.